The smallest absolute Gasteiger partial charge is 0.120 e. The summed E-state index contributed by atoms with van der Waals surface area (Å²) in [5.74, 6) is 1.04. The largest absolute Gasteiger partial charge is 0.487 e. The van der Waals surface area contributed by atoms with Crippen LogP contribution in [0.2, 0.25) is 0 Å². The summed E-state index contributed by atoms with van der Waals surface area (Å²) < 4.78 is 6.31. The highest BCUT2D eigenvalue weighted by atomic mass is 16.5. The fourth-order valence-electron chi connectivity index (χ4n) is 2.98. The highest BCUT2D eigenvalue weighted by Gasteiger charge is 2.34. The van der Waals surface area contributed by atoms with Gasteiger partial charge in [0.25, 0.3) is 0 Å². The molecular weight excluding hydrogens is 232 g/mol. The molecule has 0 spiro atoms. The first kappa shape index (κ1) is 14.4. The van der Waals surface area contributed by atoms with Crippen molar-refractivity contribution in [1.29, 1.82) is 0 Å². The molecule has 1 nitrogen and oxygen atoms in total. The van der Waals surface area contributed by atoms with E-state index in [9.17, 15) is 0 Å². The Kier molecular flexibility index (Phi) is 4.23. The Morgan fingerprint density at radius 2 is 1.63 bits per heavy atom. The first-order valence-electron chi connectivity index (χ1n) is 7.81. The lowest BCUT2D eigenvalue weighted by Crippen LogP contribution is -2.31. The molecule has 0 atom stereocenters. The van der Waals surface area contributed by atoms with Crippen molar-refractivity contribution in [1.82, 2.24) is 0 Å². The van der Waals surface area contributed by atoms with Crippen LogP contribution in [-0.2, 0) is 5.41 Å². The molecule has 0 radical (unpaired) electrons. The third kappa shape index (κ3) is 3.13. The minimum absolute atomic E-state index is 0.113. The maximum Gasteiger partial charge on any atom is 0.120 e. The highest BCUT2D eigenvalue weighted by Crippen LogP contribution is 2.37. The molecule has 1 aliphatic carbocycles. The van der Waals surface area contributed by atoms with Crippen LogP contribution in [-0.4, -0.2) is 5.60 Å². The van der Waals surface area contributed by atoms with Gasteiger partial charge in [-0.15, -0.1) is 0 Å². The molecule has 1 fully saturated rings. The Morgan fingerprint density at radius 3 is 2.11 bits per heavy atom. The molecule has 1 heteroatoms. The van der Waals surface area contributed by atoms with E-state index in [4.69, 9.17) is 4.74 Å². The van der Waals surface area contributed by atoms with E-state index in [1.165, 1.54) is 31.2 Å². The molecule has 19 heavy (non-hydrogen) atoms. The van der Waals surface area contributed by atoms with Gasteiger partial charge in [0.05, 0.1) is 0 Å². The molecule has 1 aliphatic rings. The van der Waals surface area contributed by atoms with Gasteiger partial charge in [-0.1, -0.05) is 39.8 Å². The van der Waals surface area contributed by atoms with E-state index in [0.717, 1.165) is 18.6 Å². The fraction of sp³-hybridized carbons (Fsp3) is 0.667. The van der Waals surface area contributed by atoms with Crippen LogP contribution in [0.25, 0.3) is 0 Å². The summed E-state index contributed by atoms with van der Waals surface area (Å²) in [6.07, 6.45) is 7.34. The zero-order valence-corrected chi connectivity index (χ0v) is 13.0. The Balaban J connectivity index is 2.10. The van der Waals surface area contributed by atoms with E-state index in [2.05, 4.69) is 52.0 Å². The maximum absolute atomic E-state index is 6.31. The van der Waals surface area contributed by atoms with Crippen LogP contribution in [0.15, 0.2) is 24.3 Å². The molecule has 0 saturated heterocycles. The molecule has 0 aromatic heterocycles. The van der Waals surface area contributed by atoms with Gasteiger partial charge in [0.2, 0.25) is 0 Å². The van der Waals surface area contributed by atoms with Gasteiger partial charge in [0.1, 0.15) is 11.4 Å². The summed E-state index contributed by atoms with van der Waals surface area (Å²) in [5, 5.41) is 0. The Bertz CT molecular complexity index is 396. The van der Waals surface area contributed by atoms with E-state index >= 15 is 0 Å². The number of benzene rings is 1. The van der Waals surface area contributed by atoms with Crippen LogP contribution in [0.5, 0.6) is 5.75 Å². The van der Waals surface area contributed by atoms with Gasteiger partial charge in [-0.05, 0) is 61.6 Å². The predicted octanol–water partition coefficient (Wildman–Crippen LogP) is 5.48. The quantitative estimate of drug-likeness (QED) is 0.681. The first-order chi connectivity index (χ1) is 9.01. The minimum atomic E-state index is 0.113. The minimum Gasteiger partial charge on any atom is -0.487 e. The second-order valence-corrected chi connectivity index (χ2v) is 6.61. The first-order valence-corrected chi connectivity index (χ1v) is 7.81. The molecule has 0 unspecified atom stereocenters. The number of ether oxygens (including phenoxy) is 1. The van der Waals surface area contributed by atoms with Crippen molar-refractivity contribution in [3.05, 3.63) is 29.8 Å². The van der Waals surface area contributed by atoms with E-state index in [0.29, 0.717) is 0 Å². The van der Waals surface area contributed by atoms with Gasteiger partial charge in [-0.2, -0.15) is 0 Å². The van der Waals surface area contributed by atoms with Gasteiger partial charge in [0, 0.05) is 0 Å². The van der Waals surface area contributed by atoms with Crippen molar-refractivity contribution >= 4 is 0 Å². The molecule has 1 aromatic rings. The van der Waals surface area contributed by atoms with Crippen molar-refractivity contribution in [2.24, 2.45) is 0 Å². The lowest BCUT2D eigenvalue weighted by atomic mass is 9.82. The molecular formula is C18H28O. The molecule has 1 aromatic carbocycles. The van der Waals surface area contributed by atoms with Crippen molar-refractivity contribution in [2.45, 2.75) is 77.2 Å². The Morgan fingerprint density at radius 1 is 1.05 bits per heavy atom. The second kappa shape index (κ2) is 5.56. The van der Waals surface area contributed by atoms with Crippen molar-refractivity contribution in [3.63, 3.8) is 0 Å². The SMILES string of the molecule is CCC1(Oc2ccc(C(C)(C)CC)cc2)CCCC1. The van der Waals surface area contributed by atoms with Crippen LogP contribution in [0.1, 0.15) is 71.8 Å². The molecule has 0 aliphatic heterocycles. The van der Waals surface area contributed by atoms with Gasteiger partial charge in [-0.3, -0.25) is 0 Å². The Labute approximate surface area is 118 Å². The van der Waals surface area contributed by atoms with Crippen LogP contribution < -0.4 is 4.74 Å². The summed E-state index contributed by atoms with van der Waals surface area (Å²) in [6, 6.07) is 8.78. The molecule has 0 bridgehead atoms. The van der Waals surface area contributed by atoms with Crippen molar-refractivity contribution < 1.29 is 4.74 Å². The summed E-state index contributed by atoms with van der Waals surface area (Å²) >= 11 is 0. The van der Waals surface area contributed by atoms with Gasteiger partial charge in [-0.25, -0.2) is 0 Å². The highest BCUT2D eigenvalue weighted by molar-refractivity contribution is 5.32. The van der Waals surface area contributed by atoms with Crippen molar-refractivity contribution in [2.75, 3.05) is 0 Å². The molecule has 2 rings (SSSR count). The van der Waals surface area contributed by atoms with E-state index in [1.54, 1.807) is 0 Å². The average Bonchev–Trinajstić information content (AvgIpc) is 2.88. The Hall–Kier alpha value is -0.980. The predicted molar refractivity (Wildman–Crippen MR) is 81.9 cm³/mol. The normalized spacial score (nSPS) is 18.5. The standard InChI is InChI=1S/C18H28O/c1-5-17(3,4)15-9-11-16(12-10-15)19-18(6-2)13-7-8-14-18/h9-12H,5-8,13-14H2,1-4H3. The van der Waals surface area contributed by atoms with Gasteiger partial charge in [0.15, 0.2) is 0 Å². The molecule has 0 heterocycles. The molecule has 106 valence electrons. The van der Waals surface area contributed by atoms with Crippen molar-refractivity contribution in [3.8, 4) is 5.75 Å². The van der Waals surface area contributed by atoms with Gasteiger partial charge < -0.3 is 4.74 Å². The monoisotopic (exact) mass is 260 g/mol. The lowest BCUT2D eigenvalue weighted by molar-refractivity contribution is 0.0720. The third-order valence-electron chi connectivity index (χ3n) is 5.01. The summed E-state index contributed by atoms with van der Waals surface area (Å²) in [6.45, 7) is 9.09. The molecule has 0 N–H and O–H groups in total. The lowest BCUT2D eigenvalue weighted by Gasteiger charge is -2.30. The van der Waals surface area contributed by atoms with Crippen LogP contribution in [0.3, 0.4) is 0 Å². The summed E-state index contributed by atoms with van der Waals surface area (Å²) in [4.78, 5) is 0. The third-order valence-corrected chi connectivity index (χ3v) is 5.01. The number of hydrogen-bond donors (Lipinski definition) is 0. The second-order valence-electron chi connectivity index (χ2n) is 6.61. The van der Waals surface area contributed by atoms with Crippen LogP contribution >= 0.6 is 0 Å². The topological polar surface area (TPSA) is 9.23 Å². The van der Waals surface area contributed by atoms with E-state index < -0.39 is 0 Å². The fourth-order valence-corrected chi connectivity index (χ4v) is 2.98. The molecule has 1 saturated carbocycles. The average molecular weight is 260 g/mol. The van der Waals surface area contributed by atoms with Crippen LogP contribution in [0.4, 0.5) is 0 Å². The van der Waals surface area contributed by atoms with Gasteiger partial charge >= 0.3 is 0 Å². The summed E-state index contributed by atoms with van der Waals surface area (Å²) in [7, 11) is 0. The maximum atomic E-state index is 6.31. The van der Waals surface area contributed by atoms with E-state index in [1.807, 2.05) is 0 Å². The zero-order valence-electron chi connectivity index (χ0n) is 13.0. The zero-order chi connectivity index (χ0) is 13.9. The van der Waals surface area contributed by atoms with Crippen LogP contribution in [0, 0.1) is 0 Å². The number of hydrogen-bond acceptors (Lipinski definition) is 1. The molecule has 0 amide bonds. The van der Waals surface area contributed by atoms with E-state index in [-0.39, 0.29) is 11.0 Å². The number of rotatable bonds is 5. The summed E-state index contributed by atoms with van der Waals surface area (Å²) in [5.41, 5.74) is 1.77.